The van der Waals surface area contributed by atoms with Crippen LogP contribution in [0.2, 0.25) is 5.02 Å². The second-order valence-electron chi connectivity index (χ2n) is 3.78. The summed E-state index contributed by atoms with van der Waals surface area (Å²) < 4.78 is 26.9. The Kier molecular flexibility index (Phi) is 3.71. The van der Waals surface area contributed by atoms with Gasteiger partial charge >= 0.3 is 0 Å². The summed E-state index contributed by atoms with van der Waals surface area (Å²) in [6.45, 7) is 0. The Bertz CT molecular complexity index is 769. The summed E-state index contributed by atoms with van der Waals surface area (Å²) in [6.07, 6.45) is 0. The quantitative estimate of drug-likeness (QED) is 0.741. The van der Waals surface area contributed by atoms with E-state index in [0.29, 0.717) is 5.02 Å². The summed E-state index contributed by atoms with van der Waals surface area (Å²) in [5.74, 6) is -1.22. The lowest BCUT2D eigenvalue weighted by Crippen LogP contribution is -2.12. The molecule has 4 N–H and O–H groups in total. The first-order valence-corrected chi connectivity index (χ1v) is 7.12. The average Bonchev–Trinajstić information content (AvgIpc) is 2.83. The lowest BCUT2D eigenvalue weighted by molar-refractivity contribution is 0.0991. The van der Waals surface area contributed by atoms with E-state index in [1.54, 1.807) is 0 Å². The second kappa shape index (κ2) is 5.16. The first-order chi connectivity index (χ1) is 9.27. The molecule has 0 saturated heterocycles. The zero-order valence-electron chi connectivity index (χ0n) is 9.83. The number of phenolic OH excluding ortho intramolecular Hbond substituents is 1. The van der Waals surface area contributed by atoms with Gasteiger partial charge in [0.15, 0.2) is 5.76 Å². The topological polar surface area (TPSA) is 123 Å². The predicted molar refractivity (Wildman–Crippen MR) is 71.2 cm³/mol. The van der Waals surface area contributed by atoms with Crippen LogP contribution in [0.5, 0.6) is 5.75 Å². The molecule has 0 atom stereocenters. The Morgan fingerprint density at radius 1 is 1.30 bits per heavy atom. The maximum Gasteiger partial charge on any atom is 0.291 e. The van der Waals surface area contributed by atoms with Gasteiger partial charge in [-0.1, -0.05) is 11.6 Å². The first-order valence-electron chi connectivity index (χ1n) is 5.20. The normalized spacial score (nSPS) is 11.3. The number of anilines is 1. The van der Waals surface area contributed by atoms with Crippen molar-refractivity contribution in [3.63, 3.8) is 0 Å². The Morgan fingerprint density at radius 2 is 2.00 bits per heavy atom. The van der Waals surface area contributed by atoms with Crippen LogP contribution in [-0.4, -0.2) is 19.4 Å². The smallest absolute Gasteiger partial charge is 0.291 e. The highest BCUT2D eigenvalue weighted by atomic mass is 35.5. The number of hydrogen-bond acceptors (Lipinski definition) is 5. The number of phenols is 1. The summed E-state index contributed by atoms with van der Waals surface area (Å²) >= 11 is 5.73. The number of furan rings is 1. The molecule has 1 aromatic carbocycles. The molecule has 1 aromatic heterocycles. The zero-order valence-corrected chi connectivity index (χ0v) is 11.4. The van der Waals surface area contributed by atoms with E-state index >= 15 is 0 Å². The van der Waals surface area contributed by atoms with Gasteiger partial charge < -0.3 is 14.8 Å². The molecule has 0 aliphatic carbocycles. The van der Waals surface area contributed by atoms with Gasteiger partial charge in [0.2, 0.25) is 5.09 Å². The summed E-state index contributed by atoms with van der Waals surface area (Å²) in [4.78, 5) is 11.8. The highest BCUT2D eigenvalue weighted by Gasteiger charge is 2.18. The highest BCUT2D eigenvalue weighted by Crippen LogP contribution is 2.27. The molecular weight excluding hydrogens is 308 g/mol. The molecular formula is C11H9ClN2O5S. The van der Waals surface area contributed by atoms with Gasteiger partial charge in [0.25, 0.3) is 15.9 Å². The number of halogens is 1. The minimum absolute atomic E-state index is 0.0658. The molecule has 7 nitrogen and oxygen atoms in total. The Hall–Kier alpha value is -2.03. The van der Waals surface area contributed by atoms with Gasteiger partial charge in [-0.05, 0) is 30.3 Å². The Morgan fingerprint density at radius 3 is 2.60 bits per heavy atom. The summed E-state index contributed by atoms with van der Waals surface area (Å²) in [6, 6.07) is 6.28. The van der Waals surface area contributed by atoms with E-state index in [1.165, 1.54) is 18.2 Å². The van der Waals surface area contributed by atoms with Crippen molar-refractivity contribution in [3.05, 3.63) is 41.1 Å². The molecule has 9 heteroatoms. The lowest BCUT2D eigenvalue weighted by atomic mass is 10.3. The summed E-state index contributed by atoms with van der Waals surface area (Å²) in [5.41, 5.74) is 0.0658. The Balaban J connectivity index is 2.24. The molecule has 0 unspecified atom stereocenters. The van der Waals surface area contributed by atoms with Crippen LogP contribution in [-0.2, 0) is 10.0 Å². The molecule has 2 aromatic rings. The van der Waals surface area contributed by atoms with Crippen LogP contribution in [0.15, 0.2) is 39.8 Å². The van der Waals surface area contributed by atoms with E-state index < -0.39 is 21.0 Å². The number of nitrogens with one attached hydrogen (secondary N) is 1. The molecule has 2 rings (SSSR count). The van der Waals surface area contributed by atoms with E-state index in [9.17, 15) is 18.3 Å². The van der Waals surface area contributed by atoms with Crippen LogP contribution in [0.25, 0.3) is 0 Å². The number of primary sulfonamides is 1. The van der Waals surface area contributed by atoms with Crippen LogP contribution >= 0.6 is 11.6 Å². The zero-order chi connectivity index (χ0) is 14.9. The van der Waals surface area contributed by atoms with E-state index in [0.717, 1.165) is 12.1 Å². The third kappa shape index (κ3) is 3.10. The van der Waals surface area contributed by atoms with Crippen LogP contribution in [0.3, 0.4) is 0 Å². The number of carbonyl (C=O) groups excluding carboxylic acids is 1. The number of amides is 1. The van der Waals surface area contributed by atoms with Gasteiger partial charge in [0.05, 0.1) is 5.69 Å². The van der Waals surface area contributed by atoms with Crippen molar-refractivity contribution in [2.75, 3.05) is 5.32 Å². The minimum Gasteiger partial charge on any atom is -0.506 e. The highest BCUT2D eigenvalue weighted by molar-refractivity contribution is 7.89. The van der Waals surface area contributed by atoms with Gasteiger partial charge in [-0.25, -0.2) is 13.6 Å². The predicted octanol–water partition coefficient (Wildman–Crippen LogP) is 1.54. The number of sulfonamides is 1. The molecule has 106 valence electrons. The lowest BCUT2D eigenvalue weighted by Gasteiger charge is -2.05. The van der Waals surface area contributed by atoms with Crippen molar-refractivity contribution in [1.29, 1.82) is 0 Å². The number of hydrogen-bond donors (Lipinski definition) is 3. The average molecular weight is 317 g/mol. The molecule has 0 aliphatic heterocycles. The van der Waals surface area contributed by atoms with E-state index in [2.05, 4.69) is 5.32 Å². The van der Waals surface area contributed by atoms with E-state index in [4.69, 9.17) is 21.2 Å². The van der Waals surface area contributed by atoms with Crippen LogP contribution < -0.4 is 10.5 Å². The van der Waals surface area contributed by atoms with E-state index in [1.807, 2.05) is 0 Å². The van der Waals surface area contributed by atoms with Crippen LogP contribution in [0.1, 0.15) is 10.6 Å². The third-order valence-electron chi connectivity index (χ3n) is 2.29. The van der Waals surface area contributed by atoms with Crippen molar-refractivity contribution < 1.29 is 22.7 Å². The van der Waals surface area contributed by atoms with Crippen molar-refractivity contribution in [1.82, 2.24) is 0 Å². The maximum absolute atomic E-state index is 11.8. The van der Waals surface area contributed by atoms with Crippen molar-refractivity contribution in [3.8, 4) is 5.75 Å². The standard InChI is InChI=1S/C11H9ClN2O5S/c12-6-1-2-8(15)7(5-6)14-11(16)9-3-4-10(19-9)20(13,17)18/h1-5,15H,(H,14,16)(H2,13,17,18). The van der Waals surface area contributed by atoms with Crippen molar-refractivity contribution in [2.45, 2.75) is 5.09 Å². The van der Waals surface area contributed by atoms with Crippen LogP contribution in [0.4, 0.5) is 5.69 Å². The first kappa shape index (κ1) is 14.4. The number of rotatable bonds is 3. The van der Waals surface area contributed by atoms with Crippen molar-refractivity contribution in [2.24, 2.45) is 5.14 Å². The molecule has 0 saturated carbocycles. The molecule has 0 aliphatic rings. The fourth-order valence-electron chi connectivity index (χ4n) is 1.39. The SMILES string of the molecule is NS(=O)(=O)c1ccc(C(=O)Nc2cc(Cl)ccc2O)o1. The summed E-state index contributed by atoms with van der Waals surface area (Å²) in [7, 11) is -4.02. The maximum atomic E-state index is 11.8. The largest absolute Gasteiger partial charge is 0.506 e. The second-order valence-corrected chi connectivity index (χ2v) is 5.71. The number of nitrogens with two attached hydrogens (primary N) is 1. The molecule has 1 heterocycles. The monoisotopic (exact) mass is 316 g/mol. The number of carbonyl (C=O) groups is 1. The summed E-state index contributed by atoms with van der Waals surface area (Å²) in [5, 5.41) is 16.5. The van der Waals surface area contributed by atoms with Gasteiger partial charge in [0, 0.05) is 5.02 Å². The third-order valence-corrected chi connectivity index (χ3v) is 3.31. The van der Waals surface area contributed by atoms with E-state index in [-0.39, 0.29) is 17.2 Å². The number of aromatic hydroxyl groups is 1. The van der Waals surface area contributed by atoms with Gasteiger partial charge in [-0.3, -0.25) is 4.79 Å². The van der Waals surface area contributed by atoms with Gasteiger partial charge in [-0.2, -0.15) is 0 Å². The molecule has 20 heavy (non-hydrogen) atoms. The molecule has 0 bridgehead atoms. The fourth-order valence-corrected chi connectivity index (χ4v) is 2.02. The molecule has 0 spiro atoms. The fraction of sp³-hybridized carbons (Fsp3) is 0. The molecule has 0 radical (unpaired) electrons. The molecule has 1 amide bonds. The van der Waals surface area contributed by atoms with Gasteiger partial charge in [-0.15, -0.1) is 0 Å². The van der Waals surface area contributed by atoms with Gasteiger partial charge in [0.1, 0.15) is 5.75 Å². The molecule has 0 fully saturated rings. The number of benzene rings is 1. The van der Waals surface area contributed by atoms with Crippen molar-refractivity contribution >= 4 is 33.2 Å². The Labute approximate surface area is 119 Å². The minimum atomic E-state index is -4.02. The van der Waals surface area contributed by atoms with Crippen LogP contribution in [0, 0.1) is 0 Å².